The van der Waals surface area contributed by atoms with Gasteiger partial charge in [0.2, 0.25) is 0 Å². The molecule has 11 rings (SSSR count). The standard InChI is InChI=1S/C52H33N3O/c53-51(44-25-12-23-42-40-21-8-9-26-47(40)56-50(42)44)55-52(33-13-2-1-3-14-33)54-31-38-28-37(27-36-17-6-7-20-39(36)38)49-43-24-11-19-32-18-10-22-41(48(32)43)45-29-34-15-4-5-16-35(34)30-46(45)49/h1-31,49,53H/b53-51?,54-31+,55-52-. The summed E-state index contributed by atoms with van der Waals surface area (Å²) in [5.74, 6) is 0.540. The van der Waals surface area contributed by atoms with Gasteiger partial charge in [-0.15, -0.1) is 0 Å². The zero-order valence-corrected chi connectivity index (χ0v) is 30.3. The lowest BCUT2D eigenvalue weighted by Crippen LogP contribution is -2.11. The average Bonchev–Trinajstić information content (AvgIpc) is 3.64. The third-order valence-corrected chi connectivity index (χ3v) is 11.3. The Hall–Kier alpha value is -7.43. The Bertz CT molecular complexity index is 3280. The second-order valence-electron chi connectivity index (χ2n) is 14.5. The number of nitrogens with one attached hydrogen (secondary N) is 1. The average molecular weight is 716 g/mol. The van der Waals surface area contributed by atoms with E-state index < -0.39 is 0 Å². The van der Waals surface area contributed by atoms with Gasteiger partial charge in [-0.2, -0.15) is 0 Å². The van der Waals surface area contributed by atoms with E-state index in [0.717, 1.165) is 38.3 Å². The number of furan rings is 1. The normalized spacial score (nSPS) is 14.0. The van der Waals surface area contributed by atoms with Gasteiger partial charge in [-0.3, -0.25) is 5.41 Å². The van der Waals surface area contributed by atoms with Crippen molar-refractivity contribution in [1.82, 2.24) is 0 Å². The summed E-state index contributed by atoms with van der Waals surface area (Å²) in [6, 6.07) is 63.7. The van der Waals surface area contributed by atoms with Crippen molar-refractivity contribution in [2.24, 2.45) is 9.98 Å². The summed E-state index contributed by atoms with van der Waals surface area (Å²) in [6.07, 6.45) is 1.92. The van der Waals surface area contributed by atoms with Crippen LogP contribution in [0.15, 0.2) is 196 Å². The summed E-state index contributed by atoms with van der Waals surface area (Å²) in [4.78, 5) is 10.00. The molecule has 4 heteroatoms. The number of amidine groups is 2. The fourth-order valence-corrected chi connectivity index (χ4v) is 8.72. The first-order chi connectivity index (χ1) is 27.7. The minimum Gasteiger partial charge on any atom is -0.455 e. The third-order valence-electron chi connectivity index (χ3n) is 11.3. The summed E-state index contributed by atoms with van der Waals surface area (Å²) in [6.45, 7) is 0. The van der Waals surface area contributed by atoms with E-state index >= 15 is 0 Å². The van der Waals surface area contributed by atoms with Crippen LogP contribution in [0.1, 0.15) is 39.3 Å². The van der Waals surface area contributed by atoms with E-state index in [0.29, 0.717) is 17.0 Å². The van der Waals surface area contributed by atoms with Gasteiger partial charge < -0.3 is 4.42 Å². The summed E-state index contributed by atoms with van der Waals surface area (Å²) >= 11 is 0. The molecular formula is C52H33N3O. The Morgan fingerprint density at radius 1 is 0.536 bits per heavy atom. The SMILES string of the molecule is N=C(/N=C(\N=C\c1cc(C2c3cc4ccccc4cc3-c3cccc4cccc2c34)cc2ccccc12)c1ccccc1)c1cccc2c1oc1ccccc12. The molecular weight excluding hydrogens is 683 g/mol. The van der Waals surface area contributed by atoms with Crippen LogP contribution in [0.25, 0.3) is 65.4 Å². The van der Waals surface area contributed by atoms with Crippen LogP contribution in [0.4, 0.5) is 0 Å². The van der Waals surface area contributed by atoms with Crippen LogP contribution in [0.5, 0.6) is 0 Å². The van der Waals surface area contributed by atoms with Gasteiger partial charge in [0, 0.05) is 34.0 Å². The first-order valence-corrected chi connectivity index (χ1v) is 18.9. The second-order valence-corrected chi connectivity index (χ2v) is 14.5. The van der Waals surface area contributed by atoms with E-state index in [1.807, 2.05) is 79.0 Å². The predicted molar refractivity (Wildman–Crippen MR) is 233 cm³/mol. The molecule has 1 atom stereocenters. The Balaban J connectivity index is 1.08. The smallest absolute Gasteiger partial charge is 0.161 e. The van der Waals surface area contributed by atoms with Gasteiger partial charge in [0.05, 0.1) is 5.56 Å². The van der Waals surface area contributed by atoms with Gasteiger partial charge in [-0.25, -0.2) is 9.98 Å². The zero-order chi connectivity index (χ0) is 37.2. The van der Waals surface area contributed by atoms with Crippen molar-refractivity contribution in [3.63, 3.8) is 0 Å². The molecule has 0 fully saturated rings. The van der Waals surface area contributed by atoms with Crippen LogP contribution in [-0.2, 0) is 0 Å². The van der Waals surface area contributed by atoms with Crippen molar-refractivity contribution in [2.45, 2.75) is 5.92 Å². The van der Waals surface area contributed by atoms with Gasteiger partial charge >= 0.3 is 0 Å². The first-order valence-electron chi connectivity index (χ1n) is 18.9. The summed E-state index contributed by atoms with van der Waals surface area (Å²) < 4.78 is 6.28. The predicted octanol–water partition coefficient (Wildman–Crippen LogP) is 13.1. The number of hydrogen-bond donors (Lipinski definition) is 1. The largest absolute Gasteiger partial charge is 0.455 e. The molecule has 1 N–H and O–H groups in total. The fourth-order valence-electron chi connectivity index (χ4n) is 8.72. The van der Waals surface area contributed by atoms with Crippen LogP contribution in [0.2, 0.25) is 0 Å². The number of benzene rings is 9. The molecule has 262 valence electrons. The molecule has 56 heavy (non-hydrogen) atoms. The van der Waals surface area contributed by atoms with E-state index in [2.05, 4.69) is 109 Å². The third kappa shape index (κ3) is 5.19. The molecule has 0 saturated heterocycles. The Kier molecular flexibility index (Phi) is 7.36. The maximum absolute atomic E-state index is 9.27. The second kappa shape index (κ2) is 12.9. The molecule has 1 aliphatic rings. The minimum absolute atomic E-state index is 0.00435. The maximum atomic E-state index is 9.27. The van der Waals surface area contributed by atoms with E-state index in [1.54, 1.807) is 0 Å². The van der Waals surface area contributed by atoms with Gasteiger partial charge in [0.25, 0.3) is 0 Å². The summed E-state index contributed by atoms with van der Waals surface area (Å²) in [7, 11) is 0. The van der Waals surface area contributed by atoms with E-state index in [9.17, 15) is 5.41 Å². The summed E-state index contributed by atoms with van der Waals surface area (Å²) in [5.41, 5.74) is 10.2. The number of hydrogen-bond acceptors (Lipinski definition) is 2. The Morgan fingerprint density at radius 3 is 2.07 bits per heavy atom. The fraction of sp³-hybridized carbons (Fsp3) is 0.0192. The molecule has 1 unspecified atom stereocenters. The van der Waals surface area contributed by atoms with E-state index in [4.69, 9.17) is 14.4 Å². The highest BCUT2D eigenvalue weighted by Crippen LogP contribution is 2.49. The molecule has 0 bridgehead atoms. The zero-order valence-electron chi connectivity index (χ0n) is 30.3. The van der Waals surface area contributed by atoms with Crippen LogP contribution in [0.3, 0.4) is 0 Å². The molecule has 4 nitrogen and oxygen atoms in total. The van der Waals surface area contributed by atoms with Crippen LogP contribution < -0.4 is 0 Å². The lowest BCUT2D eigenvalue weighted by atomic mass is 9.73. The molecule has 0 spiro atoms. The van der Waals surface area contributed by atoms with Crippen molar-refractivity contribution in [2.75, 3.05) is 0 Å². The molecule has 9 aromatic carbocycles. The number of rotatable bonds is 4. The van der Waals surface area contributed by atoms with Gasteiger partial charge in [-0.05, 0) is 90.5 Å². The minimum atomic E-state index is 0.00435. The molecule has 1 aliphatic carbocycles. The monoisotopic (exact) mass is 715 g/mol. The lowest BCUT2D eigenvalue weighted by Gasteiger charge is -2.30. The van der Waals surface area contributed by atoms with Crippen LogP contribution in [-0.4, -0.2) is 17.9 Å². The van der Waals surface area contributed by atoms with Crippen LogP contribution in [0, 0.1) is 5.41 Å². The van der Waals surface area contributed by atoms with Crippen molar-refractivity contribution in [3.8, 4) is 11.1 Å². The molecule has 0 radical (unpaired) electrons. The highest BCUT2D eigenvalue weighted by Gasteiger charge is 2.29. The number of para-hydroxylation sites is 2. The molecule has 0 aliphatic heterocycles. The van der Waals surface area contributed by atoms with Crippen LogP contribution >= 0.6 is 0 Å². The molecule has 1 heterocycles. The Labute approximate surface area is 323 Å². The number of nitrogens with zero attached hydrogens (tertiary/aromatic N) is 2. The number of aliphatic imine (C=N–C) groups is 2. The van der Waals surface area contributed by atoms with Gasteiger partial charge in [0.15, 0.2) is 11.7 Å². The summed E-state index contributed by atoms with van der Waals surface area (Å²) in [5, 5.41) is 18.5. The molecule has 0 saturated carbocycles. The van der Waals surface area contributed by atoms with Crippen molar-refractivity contribution < 1.29 is 4.42 Å². The molecule has 0 amide bonds. The maximum Gasteiger partial charge on any atom is 0.161 e. The van der Waals surface area contributed by atoms with E-state index in [1.165, 1.54) is 49.4 Å². The van der Waals surface area contributed by atoms with Crippen molar-refractivity contribution in [1.29, 1.82) is 5.41 Å². The lowest BCUT2D eigenvalue weighted by molar-refractivity contribution is 0.668. The highest BCUT2D eigenvalue weighted by molar-refractivity contribution is 6.19. The quantitative estimate of drug-likeness (QED) is 0.143. The first kappa shape index (κ1) is 32.0. The van der Waals surface area contributed by atoms with Crippen molar-refractivity contribution >= 4 is 72.1 Å². The number of fused-ring (bicyclic) bond motifs is 7. The van der Waals surface area contributed by atoms with E-state index in [-0.39, 0.29) is 11.8 Å². The van der Waals surface area contributed by atoms with Gasteiger partial charge in [0.1, 0.15) is 11.2 Å². The Morgan fingerprint density at radius 2 is 1.21 bits per heavy atom. The highest BCUT2D eigenvalue weighted by atomic mass is 16.3. The van der Waals surface area contributed by atoms with Crippen molar-refractivity contribution in [3.05, 3.63) is 215 Å². The molecule has 10 aromatic rings. The van der Waals surface area contributed by atoms with Gasteiger partial charge in [-0.1, -0.05) is 152 Å². The molecule has 1 aromatic heterocycles. The topological polar surface area (TPSA) is 61.7 Å².